The van der Waals surface area contributed by atoms with Crippen molar-refractivity contribution in [3.63, 3.8) is 0 Å². The summed E-state index contributed by atoms with van der Waals surface area (Å²) in [6, 6.07) is 8.50. The van der Waals surface area contributed by atoms with Gasteiger partial charge in [-0.3, -0.25) is 0 Å². The lowest BCUT2D eigenvalue weighted by molar-refractivity contribution is 1.00. The van der Waals surface area contributed by atoms with Gasteiger partial charge in [0, 0.05) is 18.1 Å². The maximum atomic E-state index is 4.18. The van der Waals surface area contributed by atoms with Crippen molar-refractivity contribution in [2.24, 2.45) is 0 Å². The van der Waals surface area contributed by atoms with Gasteiger partial charge in [-0.05, 0) is 24.5 Å². The quantitative estimate of drug-likeness (QED) is 0.853. The number of hydrogen-bond donors (Lipinski definition) is 1. The summed E-state index contributed by atoms with van der Waals surface area (Å²) in [5.74, 6) is 0. The van der Waals surface area contributed by atoms with E-state index in [0.29, 0.717) is 0 Å². The van der Waals surface area contributed by atoms with E-state index in [2.05, 4.69) is 41.5 Å². The van der Waals surface area contributed by atoms with E-state index in [0.717, 1.165) is 18.1 Å². The van der Waals surface area contributed by atoms with Crippen LogP contribution in [0.1, 0.15) is 11.1 Å². The van der Waals surface area contributed by atoms with Crippen LogP contribution in [0.5, 0.6) is 0 Å². The SMILES string of the molecule is Cc1ccccc1CCNc1nccs1. The molecule has 0 bridgehead atoms. The number of aryl methyl sites for hydroxylation is 1. The van der Waals surface area contributed by atoms with Crippen molar-refractivity contribution in [1.29, 1.82) is 0 Å². The smallest absolute Gasteiger partial charge is 0.182 e. The highest BCUT2D eigenvalue weighted by Gasteiger charge is 1.97. The monoisotopic (exact) mass is 218 g/mol. The van der Waals surface area contributed by atoms with Crippen LogP contribution >= 0.6 is 11.3 Å². The van der Waals surface area contributed by atoms with Crippen LogP contribution in [0.4, 0.5) is 5.13 Å². The van der Waals surface area contributed by atoms with Gasteiger partial charge in [0.25, 0.3) is 0 Å². The lowest BCUT2D eigenvalue weighted by Crippen LogP contribution is -2.05. The fraction of sp³-hybridized carbons (Fsp3) is 0.250. The number of nitrogens with zero attached hydrogens (tertiary/aromatic N) is 1. The largest absolute Gasteiger partial charge is 0.361 e. The maximum Gasteiger partial charge on any atom is 0.182 e. The van der Waals surface area contributed by atoms with Gasteiger partial charge in [0.2, 0.25) is 0 Å². The van der Waals surface area contributed by atoms with Crippen molar-refractivity contribution in [2.75, 3.05) is 11.9 Å². The fourth-order valence-corrected chi connectivity index (χ4v) is 2.06. The van der Waals surface area contributed by atoms with Gasteiger partial charge in [0.15, 0.2) is 5.13 Å². The normalized spacial score (nSPS) is 10.2. The van der Waals surface area contributed by atoms with Gasteiger partial charge in [-0.15, -0.1) is 11.3 Å². The number of benzene rings is 1. The Morgan fingerprint density at radius 3 is 2.93 bits per heavy atom. The van der Waals surface area contributed by atoms with Crippen LogP contribution in [0.3, 0.4) is 0 Å². The Morgan fingerprint density at radius 1 is 1.33 bits per heavy atom. The summed E-state index contributed by atoms with van der Waals surface area (Å²) in [6.45, 7) is 3.09. The van der Waals surface area contributed by atoms with Gasteiger partial charge >= 0.3 is 0 Å². The zero-order valence-electron chi connectivity index (χ0n) is 8.73. The Labute approximate surface area is 94.0 Å². The molecule has 0 amide bonds. The zero-order valence-corrected chi connectivity index (χ0v) is 9.55. The molecule has 0 fully saturated rings. The van der Waals surface area contributed by atoms with Crippen molar-refractivity contribution < 1.29 is 0 Å². The summed E-state index contributed by atoms with van der Waals surface area (Å²) < 4.78 is 0. The van der Waals surface area contributed by atoms with Crippen LogP contribution in [0.15, 0.2) is 35.8 Å². The summed E-state index contributed by atoms with van der Waals surface area (Å²) in [5, 5.41) is 6.29. The summed E-state index contributed by atoms with van der Waals surface area (Å²) in [4.78, 5) is 4.18. The second-order valence-electron chi connectivity index (χ2n) is 3.44. The summed E-state index contributed by atoms with van der Waals surface area (Å²) in [5.41, 5.74) is 2.76. The molecule has 0 saturated heterocycles. The van der Waals surface area contributed by atoms with E-state index in [-0.39, 0.29) is 0 Å². The first kappa shape index (κ1) is 10.2. The van der Waals surface area contributed by atoms with E-state index in [1.165, 1.54) is 11.1 Å². The molecule has 0 aliphatic rings. The average Bonchev–Trinajstić information content (AvgIpc) is 2.74. The number of nitrogens with one attached hydrogen (secondary N) is 1. The van der Waals surface area contributed by atoms with E-state index in [9.17, 15) is 0 Å². The topological polar surface area (TPSA) is 24.9 Å². The fourth-order valence-electron chi connectivity index (χ4n) is 1.51. The summed E-state index contributed by atoms with van der Waals surface area (Å²) in [6.07, 6.45) is 2.87. The van der Waals surface area contributed by atoms with E-state index < -0.39 is 0 Å². The Bertz CT molecular complexity index is 409. The van der Waals surface area contributed by atoms with Crippen molar-refractivity contribution in [3.05, 3.63) is 47.0 Å². The van der Waals surface area contributed by atoms with Crippen molar-refractivity contribution >= 4 is 16.5 Å². The second-order valence-corrected chi connectivity index (χ2v) is 4.34. The minimum atomic E-state index is 0.943. The Kier molecular flexibility index (Phi) is 3.35. The van der Waals surface area contributed by atoms with Gasteiger partial charge in [0.05, 0.1) is 0 Å². The molecule has 0 aliphatic carbocycles. The van der Waals surface area contributed by atoms with E-state index in [1.807, 2.05) is 11.6 Å². The molecular formula is C12H14N2S. The summed E-state index contributed by atoms with van der Waals surface area (Å²) >= 11 is 1.64. The Hall–Kier alpha value is -1.35. The number of anilines is 1. The number of rotatable bonds is 4. The molecule has 2 nitrogen and oxygen atoms in total. The van der Waals surface area contributed by atoms with E-state index in [4.69, 9.17) is 0 Å². The first-order chi connectivity index (χ1) is 7.36. The van der Waals surface area contributed by atoms with Crippen LogP contribution in [0.25, 0.3) is 0 Å². The average molecular weight is 218 g/mol. The third-order valence-corrected chi connectivity index (χ3v) is 3.09. The molecule has 2 rings (SSSR count). The van der Waals surface area contributed by atoms with Crippen LogP contribution < -0.4 is 5.32 Å². The standard InChI is InChI=1S/C12H14N2S/c1-10-4-2-3-5-11(10)6-7-13-12-14-8-9-15-12/h2-5,8-9H,6-7H2,1H3,(H,13,14). The molecule has 0 radical (unpaired) electrons. The van der Waals surface area contributed by atoms with Crippen molar-refractivity contribution in [1.82, 2.24) is 4.98 Å². The minimum absolute atomic E-state index is 0.943. The van der Waals surface area contributed by atoms with Crippen LogP contribution in [-0.2, 0) is 6.42 Å². The molecule has 0 unspecified atom stereocenters. The molecule has 78 valence electrons. The van der Waals surface area contributed by atoms with Gasteiger partial charge in [-0.25, -0.2) is 4.98 Å². The molecule has 0 atom stereocenters. The van der Waals surface area contributed by atoms with Crippen LogP contribution in [-0.4, -0.2) is 11.5 Å². The molecular weight excluding hydrogens is 204 g/mol. The minimum Gasteiger partial charge on any atom is -0.361 e. The molecule has 2 aromatic rings. The zero-order chi connectivity index (χ0) is 10.5. The summed E-state index contributed by atoms with van der Waals surface area (Å²) in [7, 11) is 0. The number of thiazole rings is 1. The lowest BCUT2D eigenvalue weighted by atomic mass is 10.1. The van der Waals surface area contributed by atoms with Gasteiger partial charge in [0.1, 0.15) is 0 Å². The highest BCUT2D eigenvalue weighted by Crippen LogP contribution is 2.11. The first-order valence-corrected chi connectivity index (χ1v) is 5.92. The van der Waals surface area contributed by atoms with Gasteiger partial charge < -0.3 is 5.32 Å². The van der Waals surface area contributed by atoms with E-state index >= 15 is 0 Å². The van der Waals surface area contributed by atoms with Crippen molar-refractivity contribution in [3.8, 4) is 0 Å². The van der Waals surface area contributed by atoms with Gasteiger partial charge in [-0.2, -0.15) is 0 Å². The van der Waals surface area contributed by atoms with E-state index in [1.54, 1.807) is 11.3 Å². The Balaban J connectivity index is 1.86. The number of aromatic nitrogens is 1. The molecule has 1 heterocycles. The van der Waals surface area contributed by atoms with Gasteiger partial charge in [-0.1, -0.05) is 24.3 Å². The number of hydrogen-bond acceptors (Lipinski definition) is 3. The molecule has 0 saturated carbocycles. The molecule has 1 aromatic heterocycles. The lowest BCUT2D eigenvalue weighted by Gasteiger charge is -2.05. The molecule has 3 heteroatoms. The third kappa shape index (κ3) is 2.80. The van der Waals surface area contributed by atoms with Crippen LogP contribution in [0, 0.1) is 6.92 Å². The van der Waals surface area contributed by atoms with Crippen molar-refractivity contribution in [2.45, 2.75) is 13.3 Å². The second kappa shape index (κ2) is 4.94. The maximum absolute atomic E-state index is 4.18. The predicted molar refractivity (Wildman–Crippen MR) is 65.5 cm³/mol. The first-order valence-electron chi connectivity index (χ1n) is 5.04. The molecule has 0 spiro atoms. The molecule has 1 N–H and O–H groups in total. The molecule has 1 aromatic carbocycles. The molecule has 0 aliphatic heterocycles. The third-order valence-electron chi connectivity index (χ3n) is 2.36. The molecule has 15 heavy (non-hydrogen) atoms. The Morgan fingerprint density at radius 2 is 2.20 bits per heavy atom. The highest BCUT2D eigenvalue weighted by molar-refractivity contribution is 7.13. The highest BCUT2D eigenvalue weighted by atomic mass is 32.1. The van der Waals surface area contributed by atoms with Crippen LogP contribution in [0.2, 0.25) is 0 Å². The predicted octanol–water partition coefficient (Wildman–Crippen LogP) is 3.11.